The molecule has 0 saturated carbocycles. The Kier molecular flexibility index (Phi) is 5.11. The molecule has 0 unspecified atom stereocenters. The molecule has 134 valence electrons. The standard InChI is InChI=1S/C20H20FN3O2/c1-4-18(20-22-13(3)24-26-20)23-19(25)15-7-5-14(6-8-15)17-10-9-16(21)11-12(17)2/h5-11,18H,4H2,1-3H3,(H,23,25)/t18-/m0/s1. The third-order valence-corrected chi connectivity index (χ3v) is 4.20. The van der Waals surface area contributed by atoms with Crippen LogP contribution in [0.1, 0.15) is 47.0 Å². The largest absolute Gasteiger partial charge is 0.340 e. The molecule has 3 aromatic rings. The van der Waals surface area contributed by atoms with Crippen molar-refractivity contribution in [2.45, 2.75) is 33.2 Å². The van der Waals surface area contributed by atoms with Crippen molar-refractivity contribution in [1.82, 2.24) is 15.5 Å². The highest BCUT2D eigenvalue weighted by atomic mass is 19.1. The van der Waals surface area contributed by atoms with E-state index in [2.05, 4.69) is 15.5 Å². The number of amides is 1. The van der Waals surface area contributed by atoms with E-state index in [0.29, 0.717) is 23.7 Å². The van der Waals surface area contributed by atoms with Crippen LogP contribution in [-0.2, 0) is 0 Å². The molecule has 2 aromatic carbocycles. The van der Waals surface area contributed by atoms with Crippen LogP contribution in [0, 0.1) is 19.7 Å². The van der Waals surface area contributed by atoms with Crippen molar-refractivity contribution in [3.8, 4) is 11.1 Å². The molecule has 0 saturated heterocycles. The Labute approximate surface area is 151 Å². The van der Waals surface area contributed by atoms with Crippen molar-refractivity contribution in [3.05, 3.63) is 71.1 Å². The summed E-state index contributed by atoms with van der Waals surface area (Å²) in [6.45, 7) is 5.53. The lowest BCUT2D eigenvalue weighted by atomic mass is 9.99. The van der Waals surface area contributed by atoms with E-state index < -0.39 is 0 Å². The number of rotatable bonds is 5. The van der Waals surface area contributed by atoms with Crippen LogP contribution in [-0.4, -0.2) is 16.0 Å². The number of nitrogens with one attached hydrogen (secondary N) is 1. The number of aryl methyl sites for hydroxylation is 2. The zero-order valence-corrected chi connectivity index (χ0v) is 14.9. The summed E-state index contributed by atoms with van der Waals surface area (Å²) in [5.74, 6) is 0.461. The van der Waals surface area contributed by atoms with Crippen molar-refractivity contribution >= 4 is 5.91 Å². The SMILES string of the molecule is CC[C@H](NC(=O)c1ccc(-c2ccc(F)cc2C)cc1)c1nc(C)no1. The van der Waals surface area contributed by atoms with Gasteiger partial charge in [0.25, 0.3) is 5.91 Å². The summed E-state index contributed by atoms with van der Waals surface area (Å²) in [6.07, 6.45) is 0.639. The van der Waals surface area contributed by atoms with Crippen molar-refractivity contribution in [1.29, 1.82) is 0 Å². The molecule has 0 aliphatic heterocycles. The van der Waals surface area contributed by atoms with Crippen LogP contribution < -0.4 is 5.32 Å². The third-order valence-electron chi connectivity index (χ3n) is 4.20. The molecule has 0 bridgehead atoms. The fraction of sp³-hybridized carbons (Fsp3) is 0.250. The van der Waals surface area contributed by atoms with Gasteiger partial charge in [-0.15, -0.1) is 0 Å². The maximum atomic E-state index is 13.3. The Morgan fingerprint density at radius 3 is 2.50 bits per heavy atom. The summed E-state index contributed by atoms with van der Waals surface area (Å²) in [7, 11) is 0. The molecule has 0 aliphatic rings. The first-order chi connectivity index (χ1) is 12.5. The number of hydrogen-bond acceptors (Lipinski definition) is 4. The molecule has 5 nitrogen and oxygen atoms in total. The molecule has 0 spiro atoms. The van der Waals surface area contributed by atoms with Gasteiger partial charge in [0, 0.05) is 5.56 Å². The molecule has 1 amide bonds. The predicted octanol–water partition coefficient (Wildman–Crippen LogP) is 4.37. The molecule has 0 aliphatic carbocycles. The first-order valence-corrected chi connectivity index (χ1v) is 8.45. The molecule has 26 heavy (non-hydrogen) atoms. The predicted molar refractivity (Wildman–Crippen MR) is 96.1 cm³/mol. The number of carbonyl (C=O) groups is 1. The van der Waals surface area contributed by atoms with Gasteiger partial charge in [-0.1, -0.05) is 30.3 Å². The Hall–Kier alpha value is -3.02. The van der Waals surface area contributed by atoms with Crippen molar-refractivity contribution < 1.29 is 13.7 Å². The molecule has 1 atom stereocenters. The third kappa shape index (κ3) is 3.79. The Bertz CT molecular complexity index is 919. The van der Waals surface area contributed by atoms with E-state index in [-0.39, 0.29) is 17.8 Å². The molecule has 1 N–H and O–H groups in total. The lowest BCUT2D eigenvalue weighted by Gasteiger charge is -2.13. The molecule has 0 radical (unpaired) electrons. The van der Waals surface area contributed by atoms with Crippen LogP contribution in [0.2, 0.25) is 0 Å². The molecule has 1 heterocycles. The summed E-state index contributed by atoms with van der Waals surface area (Å²) in [5, 5.41) is 6.67. The summed E-state index contributed by atoms with van der Waals surface area (Å²) in [4.78, 5) is 16.7. The van der Waals surface area contributed by atoms with Gasteiger partial charge in [-0.25, -0.2) is 4.39 Å². The van der Waals surface area contributed by atoms with Crippen molar-refractivity contribution in [3.63, 3.8) is 0 Å². The number of aromatic nitrogens is 2. The molecule has 0 fully saturated rings. The Morgan fingerprint density at radius 1 is 1.19 bits per heavy atom. The highest BCUT2D eigenvalue weighted by Gasteiger charge is 2.19. The van der Waals surface area contributed by atoms with E-state index in [9.17, 15) is 9.18 Å². The zero-order chi connectivity index (χ0) is 18.7. The Balaban J connectivity index is 1.76. The van der Waals surface area contributed by atoms with Gasteiger partial charge in [0.15, 0.2) is 5.82 Å². The lowest BCUT2D eigenvalue weighted by Crippen LogP contribution is -2.28. The summed E-state index contributed by atoms with van der Waals surface area (Å²) in [5.41, 5.74) is 3.24. The fourth-order valence-electron chi connectivity index (χ4n) is 2.79. The van der Waals surface area contributed by atoms with E-state index in [1.807, 2.05) is 26.0 Å². The van der Waals surface area contributed by atoms with Crippen molar-refractivity contribution in [2.24, 2.45) is 0 Å². The number of halogens is 1. The second-order valence-electron chi connectivity index (χ2n) is 6.15. The fourth-order valence-corrected chi connectivity index (χ4v) is 2.79. The summed E-state index contributed by atoms with van der Waals surface area (Å²) in [6, 6.07) is 11.5. The molecule has 1 aromatic heterocycles. The van der Waals surface area contributed by atoms with Gasteiger partial charge in [0.2, 0.25) is 5.89 Å². The molecular formula is C20H20FN3O2. The van der Waals surface area contributed by atoms with Crippen LogP contribution in [0.5, 0.6) is 0 Å². The average Bonchev–Trinajstić information content (AvgIpc) is 3.06. The highest BCUT2D eigenvalue weighted by Crippen LogP contribution is 2.24. The highest BCUT2D eigenvalue weighted by molar-refractivity contribution is 5.95. The first-order valence-electron chi connectivity index (χ1n) is 8.45. The van der Waals surface area contributed by atoms with Gasteiger partial charge in [-0.05, 0) is 61.2 Å². The van der Waals surface area contributed by atoms with E-state index in [1.165, 1.54) is 12.1 Å². The molecule has 3 rings (SSSR count). The maximum Gasteiger partial charge on any atom is 0.251 e. The topological polar surface area (TPSA) is 68.0 Å². The second-order valence-corrected chi connectivity index (χ2v) is 6.15. The van der Waals surface area contributed by atoms with E-state index in [4.69, 9.17) is 4.52 Å². The maximum absolute atomic E-state index is 13.3. The second kappa shape index (κ2) is 7.47. The lowest BCUT2D eigenvalue weighted by molar-refractivity contribution is 0.0927. The summed E-state index contributed by atoms with van der Waals surface area (Å²) < 4.78 is 18.4. The van der Waals surface area contributed by atoms with E-state index in [0.717, 1.165) is 16.7 Å². The molecule has 6 heteroatoms. The first kappa shape index (κ1) is 17.8. The smallest absolute Gasteiger partial charge is 0.251 e. The quantitative estimate of drug-likeness (QED) is 0.739. The van der Waals surface area contributed by atoms with Gasteiger partial charge in [0.1, 0.15) is 11.9 Å². The average molecular weight is 353 g/mol. The van der Waals surface area contributed by atoms with Gasteiger partial charge in [-0.2, -0.15) is 4.98 Å². The van der Waals surface area contributed by atoms with Crippen LogP contribution in [0.3, 0.4) is 0 Å². The number of benzene rings is 2. The normalized spacial score (nSPS) is 12.0. The van der Waals surface area contributed by atoms with Gasteiger partial charge < -0.3 is 9.84 Å². The van der Waals surface area contributed by atoms with E-state index in [1.54, 1.807) is 25.1 Å². The van der Waals surface area contributed by atoms with Gasteiger partial charge >= 0.3 is 0 Å². The Morgan fingerprint density at radius 2 is 1.92 bits per heavy atom. The monoisotopic (exact) mass is 353 g/mol. The van der Waals surface area contributed by atoms with Crippen LogP contribution >= 0.6 is 0 Å². The van der Waals surface area contributed by atoms with E-state index >= 15 is 0 Å². The van der Waals surface area contributed by atoms with Crippen LogP contribution in [0.25, 0.3) is 11.1 Å². The van der Waals surface area contributed by atoms with Crippen LogP contribution in [0.4, 0.5) is 4.39 Å². The number of carbonyl (C=O) groups excluding carboxylic acids is 1. The molecular weight excluding hydrogens is 333 g/mol. The minimum Gasteiger partial charge on any atom is -0.340 e. The number of hydrogen-bond donors (Lipinski definition) is 1. The zero-order valence-electron chi connectivity index (χ0n) is 14.9. The van der Waals surface area contributed by atoms with Crippen molar-refractivity contribution in [2.75, 3.05) is 0 Å². The van der Waals surface area contributed by atoms with Gasteiger partial charge in [-0.3, -0.25) is 4.79 Å². The van der Waals surface area contributed by atoms with Crippen LogP contribution in [0.15, 0.2) is 47.0 Å². The number of nitrogens with zero attached hydrogens (tertiary/aromatic N) is 2. The minimum atomic E-state index is -0.331. The van der Waals surface area contributed by atoms with Gasteiger partial charge in [0.05, 0.1) is 0 Å². The summed E-state index contributed by atoms with van der Waals surface area (Å²) >= 11 is 0. The minimum absolute atomic E-state index is 0.213.